The Hall–Kier alpha value is -0.570. The van der Waals surface area contributed by atoms with Gasteiger partial charge in [0.2, 0.25) is 5.91 Å². The molecule has 0 aromatic carbocycles. The third-order valence-corrected chi connectivity index (χ3v) is 3.23. The zero-order valence-corrected chi connectivity index (χ0v) is 10.2. The maximum Gasteiger partial charge on any atom is 0.225 e. The predicted octanol–water partition coefficient (Wildman–Crippen LogP) is 2.06. The molecule has 0 spiro atoms. The first kappa shape index (κ1) is 12.5. The van der Waals surface area contributed by atoms with Crippen molar-refractivity contribution in [2.24, 2.45) is 5.92 Å². The van der Waals surface area contributed by atoms with Crippen molar-refractivity contribution in [2.75, 3.05) is 20.2 Å². The summed E-state index contributed by atoms with van der Waals surface area (Å²) < 4.78 is 5.29. The molecule has 3 nitrogen and oxygen atoms in total. The van der Waals surface area contributed by atoms with Crippen LogP contribution in [0.3, 0.4) is 0 Å². The molecule has 1 heterocycles. The van der Waals surface area contributed by atoms with E-state index in [1.807, 2.05) is 11.8 Å². The van der Waals surface area contributed by atoms with Gasteiger partial charge >= 0.3 is 0 Å². The van der Waals surface area contributed by atoms with Crippen molar-refractivity contribution < 1.29 is 9.53 Å². The van der Waals surface area contributed by atoms with E-state index in [-0.39, 0.29) is 5.92 Å². The number of hydrogen-bond donors (Lipinski definition) is 0. The van der Waals surface area contributed by atoms with E-state index < -0.39 is 0 Å². The molecule has 0 bridgehead atoms. The third kappa shape index (κ3) is 3.49. The minimum absolute atomic E-state index is 0.189. The van der Waals surface area contributed by atoms with Gasteiger partial charge in [0.1, 0.15) is 0 Å². The van der Waals surface area contributed by atoms with Gasteiger partial charge < -0.3 is 9.64 Å². The Morgan fingerprint density at radius 2 is 2.07 bits per heavy atom. The van der Waals surface area contributed by atoms with E-state index in [4.69, 9.17) is 4.74 Å². The smallest absolute Gasteiger partial charge is 0.225 e. The van der Waals surface area contributed by atoms with Gasteiger partial charge in [0.25, 0.3) is 0 Å². The molecule has 0 aromatic rings. The number of carbonyl (C=O) groups is 1. The first-order chi connectivity index (χ1) is 7.19. The van der Waals surface area contributed by atoms with E-state index in [9.17, 15) is 4.79 Å². The van der Waals surface area contributed by atoms with Gasteiger partial charge in [-0.05, 0) is 19.3 Å². The summed E-state index contributed by atoms with van der Waals surface area (Å²) in [5.41, 5.74) is 0. The molecular formula is C12H23NO2. The highest BCUT2D eigenvalue weighted by Crippen LogP contribution is 2.17. The zero-order chi connectivity index (χ0) is 11.3. The van der Waals surface area contributed by atoms with Crippen LogP contribution in [0.2, 0.25) is 0 Å². The van der Waals surface area contributed by atoms with E-state index in [1.165, 1.54) is 0 Å². The molecule has 0 saturated carbocycles. The van der Waals surface area contributed by atoms with Crippen LogP contribution in [-0.4, -0.2) is 37.1 Å². The fraction of sp³-hybridized carbons (Fsp3) is 0.917. The van der Waals surface area contributed by atoms with Crippen LogP contribution in [0.15, 0.2) is 0 Å². The summed E-state index contributed by atoms with van der Waals surface area (Å²) in [7, 11) is 1.75. The summed E-state index contributed by atoms with van der Waals surface area (Å²) in [4.78, 5) is 14.0. The molecule has 3 heteroatoms. The molecule has 0 aromatic heterocycles. The Morgan fingerprint density at radius 3 is 2.53 bits per heavy atom. The Morgan fingerprint density at radius 1 is 1.47 bits per heavy atom. The summed E-state index contributed by atoms with van der Waals surface area (Å²) >= 11 is 0. The molecular weight excluding hydrogens is 190 g/mol. The molecule has 88 valence electrons. The number of piperidine rings is 1. The Balaban J connectivity index is 2.35. The monoisotopic (exact) mass is 213 g/mol. The second-order valence-electron chi connectivity index (χ2n) is 4.45. The van der Waals surface area contributed by atoms with E-state index >= 15 is 0 Å². The minimum atomic E-state index is 0.189. The maximum absolute atomic E-state index is 12.0. The van der Waals surface area contributed by atoms with Gasteiger partial charge in [-0.25, -0.2) is 0 Å². The van der Waals surface area contributed by atoms with Crippen molar-refractivity contribution in [3.63, 3.8) is 0 Å². The Kier molecular flexibility index (Phi) is 5.09. The lowest BCUT2D eigenvalue weighted by atomic mass is 10.0. The standard InChI is InChI=1S/C12H23NO2/c1-4-5-10(2)12(14)13-8-6-11(15-3)7-9-13/h10-11H,4-9H2,1-3H3. The van der Waals surface area contributed by atoms with Crippen molar-refractivity contribution in [1.82, 2.24) is 4.90 Å². The highest BCUT2D eigenvalue weighted by atomic mass is 16.5. The zero-order valence-electron chi connectivity index (χ0n) is 10.2. The lowest BCUT2D eigenvalue weighted by Crippen LogP contribution is -2.42. The average Bonchev–Trinajstić information content (AvgIpc) is 2.28. The number of ether oxygens (including phenoxy) is 1. The summed E-state index contributed by atoms with van der Waals surface area (Å²) in [6.45, 7) is 5.89. The lowest BCUT2D eigenvalue weighted by Gasteiger charge is -2.32. The molecule has 1 aliphatic heterocycles. The molecule has 1 fully saturated rings. The fourth-order valence-electron chi connectivity index (χ4n) is 2.18. The number of methoxy groups -OCH3 is 1. The number of hydrogen-bond acceptors (Lipinski definition) is 2. The molecule has 15 heavy (non-hydrogen) atoms. The molecule has 0 aliphatic carbocycles. The highest BCUT2D eigenvalue weighted by Gasteiger charge is 2.25. The van der Waals surface area contributed by atoms with E-state index in [0.29, 0.717) is 12.0 Å². The van der Waals surface area contributed by atoms with Crippen LogP contribution >= 0.6 is 0 Å². The normalized spacial score (nSPS) is 20.3. The minimum Gasteiger partial charge on any atom is -0.381 e. The maximum atomic E-state index is 12.0. The summed E-state index contributed by atoms with van der Waals surface area (Å²) in [6, 6.07) is 0. The molecule has 0 radical (unpaired) electrons. The Bertz CT molecular complexity index is 198. The van der Waals surface area contributed by atoms with Crippen molar-refractivity contribution in [2.45, 2.75) is 45.6 Å². The van der Waals surface area contributed by atoms with Crippen molar-refractivity contribution in [3.8, 4) is 0 Å². The van der Waals surface area contributed by atoms with Gasteiger partial charge in [-0.1, -0.05) is 20.3 Å². The number of amides is 1. The molecule has 1 unspecified atom stereocenters. The van der Waals surface area contributed by atoms with Gasteiger partial charge in [-0.3, -0.25) is 4.79 Å². The molecule has 1 aliphatic rings. The summed E-state index contributed by atoms with van der Waals surface area (Å²) in [6.07, 6.45) is 4.42. The van der Waals surface area contributed by atoms with Crippen LogP contribution < -0.4 is 0 Å². The van der Waals surface area contributed by atoms with Crippen molar-refractivity contribution >= 4 is 5.91 Å². The topological polar surface area (TPSA) is 29.5 Å². The van der Waals surface area contributed by atoms with Crippen LogP contribution in [-0.2, 0) is 9.53 Å². The highest BCUT2D eigenvalue weighted by molar-refractivity contribution is 5.78. The van der Waals surface area contributed by atoms with Gasteiger partial charge in [0, 0.05) is 26.1 Å². The Labute approximate surface area is 92.8 Å². The van der Waals surface area contributed by atoms with Gasteiger partial charge in [0.15, 0.2) is 0 Å². The summed E-state index contributed by atoms with van der Waals surface area (Å²) in [5, 5.41) is 0. The lowest BCUT2D eigenvalue weighted by molar-refractivity contribution is -0.137. The molecule has 0 N–H and O–H groups in total. The molecule has 1 rings (SSSR count). The van der Waals surface area contributed by atoms with Crippen LogP contribution in [0.1, 0.15) is 39.5 Å². The number of likely N-dealkylation sites (tertiary alicyclic amines) is 1. The van der Waals surface area contributed by atoms with Crippen LogP contribution in [0, 0.1) is 5.92 Å². The first-order valence-corrected chi connectivity index (χ1v) is 6.00. The van der Waals surface area contributed by atoms with Crippen LogP contribution in [0.5, 0.6) is 0 Å². The van der Waals surface area contributed by atoms with Crippen molar-refractivity contribution in [1.29, 1.82) is 0 Å². The van der Waals surface area contributed by atoms with Gasteiger partial charge in [0.05, 0.1) is 6.10 Å². The molecule has 1 atom stereocenters. The average molecular weight is 213 g/mol. The van der Waals surface area contributed by atoms with Crippen LogP contribution in [0.4, 0.5) is 0 Å². The second kappa shape index (κ2) is 6.11. The van der Waals surface area contributed by atoms with Gasteiger partial charge in [-0.15, -0.1) is 0 Å². The summed E-state index contributed by atoms with van der Waals surface area (Å²) in [5.74, 6) is 0.514. The number of rotatable bonds is 4. The fourth-order valence-corrected chi connectivity index (χ4v) is 2.18. The quantitative estimate of drug-likeness (QED) is 0.715. The third-order valence-electron chi connectivity index (χ3n) is 3.23. The SMILES string of the molecule is CCCC(C)C(=O)N1CCC(OC)CC1. The second-order valence-corrected chi connectivity index (χ2v) is 4.45. The van der Waals surface area contributed by atoms with E-state index in [2.05, 4.69) is 6.92 Å². The molecule has 1 saturated heterocycles. The van der Waals surface area contributed by atoms with Crippen LogP contribution in [0.25, 0.3) is 0 Å². The number of nitrogens with zero attached hydrogens (tertiary/aromatic N) is 1. The first-order valence-electron chi connectivity index (χ1n) is 6.00. The predicted molar refractivity (Wildman–Crippen MR) is 60.7 cm³/mol. The van der Waals surface area contributed by atoms with Crippen molar-refractivity contribution in [3.05, 3.63) is 0 Å². The molecule has 1 amide bonds. The number of carbonyl (C=O) groups excluding carboxylic acids is 1. The van der Waals surface area contributed by atoms with Gasteiger partial charge in [-0.2, -0.15) is 0 Å². The largest absolute Gasteiger partial charge is 0.381 e. The van der Waals surface area contributed by atoms with E-state index in [1.54, 1.807) is 7.11 Å². The van der Waals surface area contributed by atoms with E-state index in [0.717, 1.165) is 38.8 Å².